The predicted octanol–water partition coefficient (Wildman–Crippen LogP) is 0.427. The zero-order valence-corrected chi connectivity index (χ0v) is 19.9. The topological polar surface area (TPSA) is 135 Å². The predicted molar refractivity (Wildman–Crippen MR) is 126 cm³/mol. The van der Waals surface area contributed by atoms with Gasteiger partial charge in [0.2, 0.25) is 16.0 Å². The number of sulfonamides is 1. The zero-order chi connectivity index (χ0) is 25.9. The van der Waals surface area contributed by atoms with E-state index in [1.54, 1.807) is 18.0 Å². The molecule has 2 aliphatic heterocycles. The van der Waals surface area contributed by atoms with Gasteiger partial charge in [0.1, 0.15) is 0 Å². The fraction of sp³-hybridized carbons (Fsp3) is 0.500. The maximum atomic E-state index is 13.8. The number of anilines is 1. The lowest BCUT2D eigenvalue weighted by Gasteiger charge is -2.38. The van der Waals surface area contributed by atoms with Crippen LogP contribution in [0.3, 0.4) is 0 Å². The van der Waals surface area contributed by atoms with E-state index in [0.717, 1.165) is 17.7 Å². The van der Waals surface area contributed by atoms with Crippen LogP contribution in [0, 0.1) is 0 Å². The number of carbonyl (C=O) groups is 1. The summed E-state index contributed by atoms with van der Waals surface area (Å²) < 4.78 is 53.6. The fourth-order valence-electron chi connectivity index (χ4n) is 4.08. The Hall–Kier alpha value is -2.80. The number of nitrogens with two attached hydrogens (primary N) is 1. The highest BCUT2D eigenvalue weighted by atomic mass is 32.2. The number of fused-ring (bicyclic) bond motifs is 3. The van der Waals surface area contributed by atoms with Crippen molar-refractivity contribution in [2.24, 2.45) is 17.8 Å². The summed E-state index contributed by atoms with van der Waals surface area (Å²) in [5.41, 5.74) is 5.75. The maximum absolute atomic E-state index is 13.8. The molecule has 3 aliphatic rings. The van der Waals surface area contributed by atoms with Gasteiger partial charge in [0.25, 0.3) is 5.91 Å². The summed E-state index contributed by atoms with van der Waals surface area (Å²) in [5.74, 6) is -0.547. The van der Waals surface area contributed by atoms with E-state index in [1.165, 1.54) is 29.2 Å². The number of aliphatic imine (C=N–C) groups is 1. The molecule has 2 aromatic rings. The molecule has 1 aromatic heterocycles. The summed E-state index contributed by atoms with van der Waals surface area (Å²) in [4.78, 5) is 21.0. The minimum atomic E-state index is -3.88. The van der Waals surface area contributed by atoms with Gasteiger partial charge in [-0.3, -0.25) is 14.4 Å². The number of guanidine groups is 1. The van der Waals surface area contributed by atoms with E-state index in [4.69, 9.17) is 13.2 Å². The highest BCUT2D eigenvalue weighted by Gasteiger charge is 2.44. The molecule has 1 aliphatic carbocycles. The lowest BCUT2D eigenvalue weighted by molar-refractivity contribution is 0.0829. The summed E-state index contributed by atoms with van der Waals surface area (Å²) in [7, 11) is -2.23. The van der Waals surface area contributed by atoms with E-state index in [1.807, 2.05) is 6.92 Å². The monoisotopic (exact) mass is 489 g/mol. The normalized spacial score (nSPS) is 22.1. The van der Waals surface area contributed by atoms with Crippen LogP contribution in [-0.4, -0.2) is 72.8 Å². The number of carbonyl (C=O) groups excluding carboxylic acids is 1. The van der Waals surface area contributed by atoms with Gasteiger partial charge in [0, 0.05) is 30.9 Å². The first-order valence-electron chi connectivity index (χ1n) is 12.1. The molecule has 0 saturated heterocycles. The van der Waals surface area contributed by atoms with E-state index in [0.29, 0.717) is 18.8 Å². The highest BCUT2D eigenvalue weighted by Crippen LogP contribution is 2.38. The van der Waals surface area contributed by atoms with Gasteiger partial charge in [0.15, 0.2) is 0 Å². The van der Waals surface area contributed by atoms with Crippen molar-refractivity contribution in [3.63, 3.8) is 0 Å². The summed E-state index contributed by atoms with van der Waals surface area (Å²) in [6.07, 6.45) is 4.33. The van der Waals surface area contributed by atoms with Gasteiger partial charge in [-0.1, -0.05) is 0 Å². The first-order valence-corrected chi connectivity index (χ1v) is 12.6. The number of nitrogens with zero attached hydrogens (tertiary/aromatic N) is 5. The Kier molecular flexibility index (Phi) is 5.11. The smallest absolute Gasteiger partial charge is 0.263 e. The van der Waals surface area contributed by atoms with E-state index in [-0.39, 0.29) is 41.2 Å². The van der Waals surface area contributed by atoms with Crippen molar-refractivity contribution in [3.8, 4) is 0 Å². The molecular weight excluding hydrogens is 458 g/mol. The molecule has 3 N–H and O–H groups in total. The number of ether oxygens (including phenoxy) is 1. The third-order valence-electron chi connectivity index (χ3n) is 6.09. The molecule has 1 amide bonds. The van der Waals surface area contributed by atoms with E-state index < -0.39 is 28.0 Å². The molecule has 3 heterocycles. The van der Waals surface area contributed by atoms with E-state index >= 15 is 0 Å². The van der Waals surface area contributed by atoms with Crippen molar-refractivity contribution in [3.05, 3.63) is 41.7 Å². The number of benzene rings is 1. The number of amides is 1. The Bertz CT molecular complexity index is 1340. The average molecular weight is 490 g/mol. The van der Waals surface area contributed by atoms with E-state index in [2.05, 4.69) is 14.8 Å². The van der Waals surface area contributed by atoms with Gasteiger partial charge < -0.3 is 15.4 Å². The SMILES string of the molecule is [2H]C([2H])(c1cnn(C)c1)N1C(=O)c2cc(S(=O)(=O)NC3(C)CC3)ccc2N2C1=NCC2COCCN. The molecule has 0 spiro atoms. The molecule has 1 aromatic carbocycles. The average Bonchev–Trinajstić information content (AvgIpc) is 3.18. The Labute approximate surface area is 201 Å². The molecule has 1 saturated carbocycles. The number of aromatic nitrogens is 2. The van der Waals surface area contributed by atoms with Crippen molar-refractivity contribution in [2.75, 3.05) is 31.2 Å². The molecule has 1 unspecified atom stereocenters. The molecule has 0 bridgehead atoms. The molecule has 1 fully saturated rings. The van der Waals surface area contributed by atoms with Crippen LogP contribution in [0.15, 0.2) is 40.5 Å². The van der Waals surface area contributed by atoms with Crippen LogP contribution >= 0.6 is 0 Å². The quantitative estimate of drug-likeness (QED) is 0.488. The van der Waals surface area contributed by atoms with Gasteiger partial charge in [-0.2, -0.15) is 5.10 Å². The van der Waals surface area contributed by atoms with Crippen LogP contribution in [0.25, 0.3) is 0 Å². The molecular formula is C22H29N7O4S. The number of nitrogens with one attached hydrogen (secondary N) is 1. The Morgan fingerprint density at radius 1 is 1.38 bits per heavy atom. The Morgan fingerprint density at radius 2 is 2.18 bits per heavy atom. The highest BCUT2D eigenvalue weighted by molar-refractivity contribution is 7.89. The minimum Gasteiger partial charge on any atom is -0.378 e. The van der Waals surface area contributed by atoms with Crippen LogP contribution in [0.1, 0.15) is 38.4 Å². The number of hydrogen-bond donors (Lipinski definition) is 2. The third-order valence-corrected chi connectivity index (χ3v) is 7.73. The lowest BCUT2D eigenvalue weighted by atomic mass is 10.1. The second kappa shape index (κ2) is 8.45. The molecule has 0 radical (unpaired) electrons. The summed E-state index contributed by atoms with van der Waals surface area (Å²) in [6, 6.07) is 4.02. The second-order valence-corrected chi connectivity index (χ2v) is 10.7. The number of aryl methyl sites for hydroxylation is 1. The van der Waals surface area contributed by atoms with Gasteiger partial charge in [0.05, 0.1) is 57.4 Å². The van der Waals surface area contributed by atoms with Crippen LogP contribution in [0.2, 0.25) is 0 Å². The Morgan fingerprint density at radius 3 is 2.85 bits per heavy atom. The zero-order valence-electron chi connectivity index (χ0n) is 21.1. The third kappa shape index (κ3) is 4.22. The van der Waals surface area contributed by atoms with Crippen LogP contribution in [0.5, 0.6) is 0 Å². The summed E-state index contributed by atoms with van der Waals surface area (Å²) in [5, 5.41) is 4.05. The molecule has 182 valence electrons. The van der Waals surface area contributed by atoms with Gasteiger partial charge >= 0.3 is 0 Å². The van der Waals surface area contributed by atoms with Crippen LogP contribution in [0.4, 0.5) is 5.69 Å². The van der Waals surface area contributed by atoms with Gasteiger partial charge in [-0.25, -0.2) is 18.1 Å². The molecule has 11 nitrogen and oxygen atoms in total. The Balaban J connectivity index is 1.59. The van der Waals surface area contributed by atoms with E-state index in [9.17, 15) is 13.2 Å². The van der Waals surface area contributed by atoms with Crippen LogP contribution in [-0.2, 0) is 28.3 Å². The van der Waals surface area contributed by atoms with Crippen molar-refractivity contribution in [2.45, 2.75) is 42.7 Å². The number of hydrogen-bond acceptors (Lipinski definition) is 8. The van der Waals surface area contributed by atoms with Crippen molar-refractivity contribution >= 4 is 27.6 Å². The molecule has 5 rings (SSSR count). The summed E-state index contributed by atoms with van der Waals surface area (Å²) in [6.45, 7) is 0.734. The maximum Gasteiger partial charge on any atom is 0.263 e. The summed E-state index contributed by atoms with van der Waals surface area (Å²) >= 11 is 0. The van der Waals surface area contributed by atoms with Gasteiger partial charge in [-0.15, -0.1) is 0 Å². The molecule has 12 heteroatoms. The van der Waals surface area contributed by atoms with Crippen molar-refractivity contribution < 1.29 is 20.7 Å². The van der Waals surface area contributed by atoms with Crippen LogP contribution < -0.4 is 15.4 Å². The first-order chi connectivity index (χ1) is 17.0. The van der Waals surface area contributed by atoms with Crippen molar-refractivity contribution in [1.82, 2.24) is 19.4 Å². The fourth-order valence-corrected chi connectivity index (χ4v) is 5.57. The number of rotatable bonds is 9. The molecule has 34 heavy (non-hydrogen) atoms. The molecule has 1 atom stereocenters. The second-order valence-electron chi connectivity index (χ2n) is 9.03. The largest absolute Gasteiger partial charge is 0.378 e. The first kappa shape index (κ1) is 20.6. The van der Waals surface area contributed by atoms with Crippen molar-refractivity contribution in [1.29, 1.82) is 0 Å². The lowest BCUT2D eigenvalue weighted by Crippen LogP contribution is -2.53. The van der Waals surface area contributed by atoms with Gasteiger partial charge in [-0.05, 0) is 38.0 Å². The minimum absolute atomic E-state index is 0.0554. The standard InChI is InChI=1S/C22H29N7O4S/c1-22(5-6-22)26-34(31,32)17-3-4-19-18(9-17)20(30)28(13-15-10-25-27(2)12-15)21-24-11-16(29(19)21)14-33-8-7-23/h3-4,9-10,12,16,26H,5-8,11,13-14,23H2,1-2H3/i13D2.